The smallest absolute Gasteiger partial charge is 0.00681 e. The highest BCUT2D eigenvalue weighted by molar-refractivity contribution is 5.31. The summed E-state index contributed by atoms with van der Waals surface area (Å²) >= 11 is 0. The lowest BCUT2D eigenvalue weighted by molar-refractivity contribution is 0.250. The highest BCUT2D eigenvalue weighted by atomic mass is 14.9. The molecule has 1 aliphatic heterocycles. The summed E-state index contributed by atoms with van der Waals surface area (Å²) in [6.07, 6.45) is 15.4. The van der Waals surface area contributed by atoms with Gasteiger partial charge in [-0.05, 0) is 43.8 Å². The second-order valence-corrected chi connectivity index (χ2v) is 5.18. The topological polar surface area (TPSA) is 12.0 Å². The van der Waals surface area contributed by atoms with Crippen molar-refractivity contribution >= 4 is 0 Å². The number of hydrogen-bond acceptors (Lipinski definition) is 1. The van der Waals surface area contributed by atoms with Gasteiger partial charge < -0.3 is 5.32 Å². The molecular weight excluding hydrogens is 194 g/mol. The summed E-state index contributed by atoms with van der Waals surface area (Å²) in [5, 5.41) is 3.45. The molecule has 1 nitrogen and oxygen atoms in total. The minimum atomic E-state index is 0.259. The Morgan fingerprint density at radius 1 is 1.31 bits per heavy atom. The summed E-state index contributed by atoms with van der Waals surface area (Å²) in [4.78, 5) is 0. The minimum Gasteiger partial charge on any atom is -0.317 e. The van der Waals surface area contributed by atoms with E-state index in [4.69, 9.17) is 0 Å². The van der Waals surface area contributed by atoms with Gasteiger partial charge in [0, 0.05) is 5.41 Å². The third-order valence-corrected chi connectivity index (χ3v) is 4.05. The van der Waals surface area contributed by atoms with Gasteiger partial charge in [-0.1, -0.05) is 44.2 Å². The molecule has 1 heteroatoms. The van der Waals surface area contributed by atoms with Crippen LogP contribution in [0.25, 0.3) is 0 Å². The van der Waals surface area contributed by atoms with E-state index < -0.39 is 0 Å². The first-order chi connectivity index (χ1) is 7.74. The molecule has 2 rings (SSSR count). The third-order valence-electron chi connectivity index (χ3n) is 4.05. The van der Waals surface area contributed by atoms with Gasteiger partial charge in [0.25, 0.3) is 0 Å². The second kappa shape index (κ2) is 5.01. The van der Waals surface area contributed by atoms with Gasteiger partial charge in [0.2, 0.25) is 0 Å². The summed E-state index contributed by atoms with van der Waals surface area (Å²) in [6.45, 7) is 6.95. The molecule has 88 valence electrons. The van der Waals surface area contributed by atoms with E-state index in [0.717, 1.165) is 12.3 Å². The molecular formula is C15H23N. The normalized spacial score (nSPS) is 31.2. The van der Waals surface area contributed by atoms with Crippen LogP contribution in [0.4, 0.5) is 0 Å². The van der Waals surface area contributed by atoms with E-state index in [1.165, 1.54) is 31.5 Å². The average Bonchev–Trinajstić information content (AvgIpc) is 2.53. The van der Waals surface area contributed by atoms with Crippen LogP contribution in [0, 0.1) is 11.3 Å². The van der Waals surface area contributed by atoms with Gasteiger partial charge in [-0.25, -0.2) is 0 Å². The molecule has 0 amide bonds. The van der Waals surface area contributed by atoms with Gasteiger partial charge in [-0.3, -0.25) is 0 Å². The van der Waals surface area contributed by atoms with Crippen molar-refractivity contribution in [3.05, 3.63) is 36.0 Å². The van der Waals surface area contributed by atoms with Gasteiger partial charge in [0.15, 0.2) is 0 Å². The van der Waals surface area contributed by atoms with Gasteiger partial charge in [0.05, 0.1) is 0 Å². The van der Waals surface area contributed by atoms with Crippen molar-refractivity contribution in [3.8, 4) is 0 Å². The molecule has 1 aliphatic carbocycles. The monoisotopic (exact) mass is 217 g/mol. The van der Waals surface area contributed by atoms with Crippen molar-refractivity contribution in [1.29, 1.82) is 0 Å². The lowest BCUT2D eigenvalue weighted by atomic mass is 9.72. The predicted molar refractivity (Wildman–Crippen MR) is 70.4 cm³/mol. The van der Waals surface area contributed by atoms with E-state index >= 15 is 0 Å². The van der Waals surface area contributed by atoms with Crippen molar-refractivity contribution < 1.29 is 0 Å². The van der Waals surface area contributed by atoms with Crippen molar-refractivity contribution in [2.45, 2.75) is 33.1 Å². The maximum atomic E-state index is 3.45. The summed E-state index contributed by atoms with van der Waals surface area (Å²) in [7, 11) is 0. The summed E-state index contributed by atoms with van der Waals surface area (Å²) in [5.41, 5.74) is 1.70. The molecule has 1 heterocycles. The maximum absolute atomic E-state index is 3.45. The molecule has 0 aromatic heterocycles. The van der Waals surface area contributed by atoms with Crippen molar-refractivity contribution in [2.24, 2.45) is 11.3 Å². The number of hydrogen-bond donors (Lipinski definition) is 1. The fourth-order valence-corrected chi connectivity index (χ4v) is 2.73. The largest absolute Gasteiger partial charge is 0.317 e. The van der Waals surface area contributed by atoms with Crippen LogP contribution in [0.2, 0.25) is 0 Å². The van der Waals surface area contributed by atoms with Crippen molar-refractivity contribution in [3.63, 3.8) is 0 Å². The van der Waals surface area contributed by atoms with Crippen molar-refractivity contribution in [2.75, 3.05) is 13.1 Å². The fourth-order valence-electron chi connectivity index (χ4n) is 2.73. The highest BCUT2D eigenvalue weighted by Gasteiger charge is 2.30. The third kappa shape index (κ3) is 2.46. The molecule has 1 atom stereocenters. The fraction of sp³-hybridized carbons (Fsp3) is 0.600. The molecule has 0 bridgehead atoms. The molecule has 1 N–H and O–H groups in total. The molecule has 0 aromatic carbocycles. The quantitative estimate of drug-likeness (QED) is 0.747. The van der Waals surface area contributed by atoms with Crippen LogP contribution >= 0.6 is 0 Å². The zero-order chi connectivity index (χ0) is 11.4. The second-order valence-electron chi connectivity index (χ2n) is 5.18. The lowest BCUT2D eigenvalue weighted by Crippen LogP contribution is -2.35. The Balaban J connectivity index is 2.13. The van der Waals surface area contributed by atoms with E-state index in [-0.39, 0.29) is 5.41 Å². The maximum Gasteiger partial charge on any atom is 0.00681 e. The summed E-state index contributed by atoms with van der Waals surface area (Å²) in [5.74, 6) is 0.797. The highest BCUT2D eigenvalue weighted by Crippen LogP contribution is 2.38. The van der Waals surface area contributed by atoms with Crippen LogP contribution in [0.15, 0.2) is 36.0 Å². The number of rotatable bonds is 2. The van der Waals surface area contributed by atoms with Crippen LogP contribution in [0.3, 0.4) is 0 Å². The zero-order valence-electron chi connectivity index (χ0n) is 10.5. The molecule has 2 aliphatic rings. The van der Waals surface area contributed by atoms with Crippen LogP contribution in [0.1, 0.15) is 33.1 Å². The minimum absolute atomic E-state index is 0.259. The molecule has 0 radical (unpaired) electrons. The van der Waals surface area contributed by atoms with Crippen LogP contribution in [-0.4, -0.2) is 13.1 Å². The number of nitrogens with one attached hydrogen (secondary N) is 1. The number of piperidine rings is 1. The molecule has 0 saturated carbocycles. The van der Waals surface area contributed by atoms with E-state index in [9.17, 15) is 0 Å². The molecule has 16 heavy (non-hydrogen) atoms. The Kier molecular flexibility index (Phi) is 3.65. The summed E-state index contributed by atoms with van der Waals surface area (Å²) < 4.78 is 0. The Bertz CT molecular complexity index is 318. The SMILES string of the molecule is CCC1=CC=CC(C)(C2CCNCC2)C=C1. The zero-order valence-corrected chi connectivity index (χ0v) is 10.5. The Hall–Kier alpha value is -0.820. The lowest BCUT2D eigenvalue weighted by Gasteiger charge is -2.35. The van der Waals surface area contributed by atoms with Gasteiger partial charge in [0.1, 0.15) is 0 Å². The first-order valence-electron chi connectivity index (χ1n) is 6.53. The van der Waals surface area contributed by atoms with E-state index in [2.05, 4.69) is 49.5 Å². The first kappa shape index (κ1) is 11.7. The van der Waals surface area contributed by atoms with Gasteiger partial charge >= 0.3 is 0 Å². The molecule has 1 saturated heterocycles. The molecule has 1 fully saturated rings. The van der Waals surface area contributed by atoms with E-state index in [1.807, 2.05) is 0 Å². The van der Waals surface area contributed by atoms with Crippen LogP contribution in [0.5, 0.6) is 0 Å². The average molecular weight is 217 g/mol. The number of allylic oxidation sites excluding steroid dienone is 6. The standard InChI is InChI=1S/C15H23N/c1-3-13-5-4-9-15(2,10-6-13)14-7-11-16-12-8-14/h4-6,9-10,14,16H,3,7-8,11-12H2,1-2H3. The predicted octanol–water partition coefficient (Wildman–Crippen LogP) is 3.45. The molecule has 0 spiro atoms. The van der Waals surface area contributed by atoms with Gasteiger partial charge in [-0.2, -0.15) is 0 Å². The van der Waals surface area contributed by atoms with Gasteiger partial charge in [-0.15, -0.1) is 0 Å². The van der Waals surface area contributed by atoms with Crippen LogP contribution < -0.4 is 5.32 Å². The molecule has 1 unspecified atom stereocenters. The Morgan fingerprint density at radius 2 is 2.06 bits per heavy atom. The Labute approximate surface area is 99.3 Å². The van der Waals surface area contributed by atoms with Crippen molar-refractivity contribution in [1.82, 2.24) is 5.32 Å². The Morgan fingerprint density at radius 3 is 2.75 bits per heavy atom. The van der Waals surface area contributed by atoms with E-state index in [1.54, 1.807) is 0 Å². The molecule has 0 aromatic rings. The van der Waals surface area contributed by atoms with E-state index in [0.29, 0.717) is 0 Å². The first-order valence-corrected chi connectivity index (χ1v) is 6.53. The van der Waals surface area contributed by atoms with Crippen LogP contribution in [-0.2, 0) is 0 Å². The summed E-state index contributed by atoms with van der Waals surface area (Å²) in [6, 6.07) is 0.